The quantitative estimate of drug-likeness (QED) is 0.578. The Hall–Kier alpha value is -1.30. The Kier molecular flexibility index (Phi) is 1.22. The van der Waals surface area contributed by atoms with E-state index in [0.29, 0.717) is 10.2 Å². The first kappa shape index (κ1) is 6.41. The van der Waals surface area contributed by atoms with Crippen molar-refractivity contribution in [2.75, 3.05) is 0 Å². The van der Waals surface area contributed by atoms with Gasteiger partial charge in [-0.25, -0.2) is 9.67 Å². The molecule has 0 aliphatic carbocycles. The summed E-state index contributed by atoms with van der Waals surface area (Å²) in [5.41, 5.74) is 1.44. The minimum absolute atomic E-state index is 0.479. The smallest absolute Gasteiger partial charge is 0.166 e. The lowest BCUT2D eigenvalue weighted by Crippen LogP contribution is -1.91. The zero-order valence-electron chi connectivity index (χ0n) is 5.77. The van der Waals surface area contributed by atoms with Crippen LogP contribution < -0.4 is 0 Å². The van der Waals surface area contributed by atoms with Gasteiger partial charge in [-0.2, -0.15) is 0 Å². The molecule has 0 aliphatic heterocycles. The number of H-pyrrole nitrogens is 1. The van der Waals surface area contributed by atoms with Gasteiger partial charge >= 0.3 is 0 Å². The normalized spacial score (nSPS) is 10.6. The van der Waals surface area contributed by atoms with E-state index in [-0.39, 0.29) is 0 Å². The van der Waals surface area contributed by atoms with Gasteiger partial charge in [-0.3, -0.25) is 0 Å². The van der Waals surface area contributed by atoms with Gasteiger partial charge in [0.2, 0.25) is 0 Å². The number of nitrogens with one attached hydrogen (secondary N) is 1. The molecular formula is C5H5N5S. The average molecular weight is 167 g/mol. The van der Waals surface area contributed by atoms with Crippen LogP contribution in [0.15, 0.2) is 6.33 Å². The standard InChI is InChI=1S/C5H5N5S/c1-10-4-3(8-9-10)5(11)7-2-6-4/h2H,1H3,(H,6,7,11). The summed E-state index contributed by atoms with van der Waals surface area (Å²) >= 11 is 4.92. The lowest BCUT2D eigenvalue weighted by atomic mass is 10.6. The highest BCUT2D eigenvalue weighted by Crippen LogP contribution is 2.04. The first-order valence-electron chi connectivity index (χ1n) is 3.02. The fourth-order valence-corrected chi connectivity index (χ4v) is 1.07. The average Bonchev–Trinajstić information content (AvgIpc) is 2.35. The highest BCUT2D eigenvalue weighted by atomic mass is 32.1. The molecule has 0 atom stereocenters. The third-order valence-corrected chi connectivity index (χ3v) is 1.71. The van der Waals surface area contributed by atoms with E-state index >= 15 is 0 Å². The van der Waals surface area contributed by atoms with Gasteiger partial charge in [0.1, 0.15) is 0 Å². The SMILES string of the molecule is Cn1nnc2c(=S)nc[nH]c21. The van der Waals surface area contributed by atoms with Crippen LogP contribution in [0.1, 0.15) is 0 Å². The van der Waals surface area contributed by atoms with Crippen molar-refractivity contribution in [3.63, 3.8) is 0 Å². The minimum Gasteiger partial charge on any atom is -0.329 e. The number of hydrogen-bond donors (Lipinski definition) is 1. The summed E-state index contributed by atoms with van der Waals surface area (Å²) in [4.78, 5) is 6.76. The Labute approximate surface area is 67.1 Å². The third kappa shape index (κ3) is 0.829. The van der Waals surface area contributed by atoms with Gasteiger partial charge < -0.3 is 4.98 Å². The second-order valence-corrected chi connectivity index (χ2v) is 2.50. The number of hydrogen-bond acceptors (Lipinski definition) is 4. The summed E-state index contributed by atoms with van der Waals surface area (Å²) in [6, 6.07) is 0. The molecule has 0 bridgehead atoms. The highest BCUT2D eigenvalue weighted by Gasteiger charge is 2.01. The molecule has 0 saturated carbocycles. The fourth-order valence-electron chi connectivity index (χ4n) is 0.876. The van der Waals surface area contributed by atoms with Gasteiger partial charge in [0, 0.05) is 7.05 Å². The lowest BCUT2D eigenvalue weighted by molar-refractivity contribution is 0.729. The molecule has 5 nitrogen and oxygen atoms in total. The van der Waals surface area contributed by atoms with Crippen molar-refractivity contribution in [2.24, 2.45) is 7.05 Å². The molecule has 2 aromatic rings. The van der Waals surface area contributed by atoms with Crippen LogP contribution in [0.4, 0.5) is 0 Å². The third-order valence-electron chi connectivity index (χ3n) is 1.41. The Bertz CT molecular complexity index is 441. The van der Waals surface area contributed by atoms with E-state index in [1.54, 1.807) is 11.7 Å². The maximum absolute atomic E-state index is 4.92. The van der Waals surface area contributed by atoms with Crippen molar-refractivity contribution in [3.05, 3.63) is 11.0 Å². The summed E-state index contributed by atoms with van der Waals surface area (Å²) in [7, 11) is 1.79. The zero-order chi connectivity index (χ0) is 7.84. The molecule has 0 spiro atoms. The van der Waals surface area contributed by atoms with Crippen LogP contribution in [-0.4, -0.2) is 25.0 Å². The molecule has 11 heavy (non-hydrogen) atoms. The predicted octanol–water partition coefficient (Wildman–Crippen LogP) is 0.421. The van der Waals surface area contributed by atoms with E-state index < -0.39 is 0 Å². The van der Waals surface area contributed by atoms with Gasteiger partial charge in [-0.05, 0) is 0 Å². The van der Waals surface area contributed by atoms with Crippen LogP contribution in [0, 0.1) is 4.64 Å². The molecule has 2 rings (SSSR count). The molecule has 2 heterocycles. The zero-order valence-corrected chi connectivity index (χ0v) is 6.59. The summed E-state index contributed by atoms with van der Waals surface area (Å²) in [5.74, 6) is 0. The van der Waals surface area contributed by atoms with Crippen LogP contribution in [-0.2, 0) is 7.05 Å². The molecule has 0 amide bonds. The van der Waals surface area contributed by atoms with Crippen molar-refractivity contribution in [1.82, 2.24) is 25.0 Å². The summed E-state index contributed by atoms with van der Waals surface area (Å²) < 4.78 is 2.10. The molecule has 0 unspecified atom stereocenters. The number of aryl methyl sites for hydroxylation is 1. The summed E-state index contributed by atoms with van der Waals surface area (Å²) in [6.07, 6.45) is 1.54. The minimum atomic E-state index is 0.479. The summed E-state index contributed by atoms with van der Waals surface area (Å²) in [6.45, 7) is 0. The maximum atomic E-state index is 4.92. The molecule has 0 fully saturated rings. The number of fused-ring (bicyclic) bond motifs is 1. The molecule has 6 heteroatoms. The Balaban J connectivity index is 3.06. The van der Waals surface area contributed by atoms with Gasteiger partial charge in [0.25, 0.3) is 0 Å². The molecule has 0 radical (unpaired) electrons. The van der Waals surface area contributed by atoms with Crippen molar-refractivity contribution in [1.29, 1.82) is 0 Å². The van der Waals surface area contributed by atoms with Crippen LogP contribution in [0.2, 0.25) is 0 Å². The highest BCUT2D eigenvalue weighted by molar-refractivity contribution is 7.71. The van der Waals surface area contributed by atoms with Gasteiger partial charge in [-0.1, -0.05) is 17.4 Å². The second kappa shape index (κ2) is 2.09. The van der Waals surface area contributed by atoms with Crippen molar-refractivity contribution < 1.29 is 0 Å². The molecule has 0 saturated heterocycles. The van der Waals surface area contributed by atoms with E-state index in [1.807, 2.05) is 0 Å². The predicted molar refractivity (Wildman–Crippen MR) is 41.5 cm³/mol. The van der Waals surface area contributed by atoms with Crippen LogP contribution >= 0.6 is 12.2 Å². The molecule has 56 valence electrons. The van der Waals surface area contributed by atoms with E-state index in [4.69, 9.17) is 12.2 Å². The maximum Gasteiger partial charge on any atom is 0.166 e. The van der Waals surface area contributed by atoms with Crippen LogP contribution in [0.25, 0.3) is 11.2 Å². The van der Waals surface area contributed by atoms with Crippen LogP contribution in [0.3, 0.4) is 0 Å². The molecular weight excluding hydrogens is 162 g/mol. The van der Waals surface area contributed by atoms with Crippen LogP contribution in [0.5, 0.6) is 0 Å². The van der Waals surface area contributed by atoms with Gasteiger partial charge in [0.15, 0.2) is 15.8 Å². The number of nitrogens with zero attached hydrogens (tertiary/aromatic N) is 4. The lowest BCUT2D eigenvalue weighted by Gasteiger charge is -1.88. The van der Waals surface area contributed by atoms with Gasteiger partial charge in [0.05, 0.1) is 6.33 Å². The van der Waals surface area contributed by atoms with Crippen molar-refractivity contribution >= 4 is 23.4 Å². The largest absolute Gasteiger partial charge is 0.329 e. The second-order valence-electron chi connectivity index (χ2n) is 2.12. The Morgan fingerprint density at radius 2 is 2.45 bits per heavy atom. The number of aromatic nitrogens is 5. The van der Waals surface area contributed by atoms with Gasteiger partial charge in [-0.15, -0.1) is 5.10 Å². The van der Waals surface area contributed by atoms with E-state index in [9.17, 15) is 0 Å². The van der Waals surface area contributed by atoms with E-state index in [1.165, 1.54) is 6.33 Å². The Morgan fingerprint density at radius 1 is 1.64 bits per heavy atom. The first-order chi connectivity index (χ1) is 5.29. The molecule has 1 N–H and O–H groups in total. The van der Waals surface area contributed by atoms with E-state index in [0.717, 1.165) is 5.65 Å². The van der Waals surface area contributed by atoms with E-state index in [2.05, 4.69) is 20.3 Å². The van der Waals surface area contributed by atoms with Crippen molar-refractivity contribution in [2.45, 2.75) is 0 Å². The fraction of sp³-hybridized carbons (Fsp3) is 0.200. The molecule has 0 aliphatic rings. The number of aromatic amines is 1. The Morgan fingerprint density at radius 3 is 3.18 bits per heavy atom. The summed E-state index contributed by atoms with van der Waals surface area (Å²) in [5, 5.41) is 7.62. The topological polar surface area (TPSA) is 59.4 Å². The molecule has 2 aromatic heterocycles. The van der Waals surface area contributed by atoms with Crippen molar-refractivity contribution in [3.8, 4) is 0 Å². The number of rotatable bonds is 0. The first-order valence-corrected chi connectivity index (χ1v) is 3.43. The molecule has 0 aromatic carbocycles. The monoisotopic (exact) mass is 167 g/mol.